The van der Waals surface area contributed by atoms with E-state index in [4.69, 9.17) is 4.74 Å². The lowest BCUT2D eigenvalue weighted by atomic mass is 9.81. The average Bonchev–Trinajstić information content (AvgIpc) is 2.47. The molecular formula is C16H18F3NO2. The summed E-state index contributed by atoms with van der Waals surface area (Å²) in [7, 11) is 2.02. The van der Waals surface area contributed by atoms with Crippen molar-refractivity contribution < 1.29 is 22.7 Å². The molecule has 2 unspecified atom stereocenters. The fourth-order valence-electron chi connectivity index (χ4n) is 3.39. The highest BCUT2D eigenvalue weighted by Crippen LogP contribution is 2.31. The van der Waals surface area contributed by atoms with Gasteiger partial charge in [0, 0.05) is 24.4 Å². The van der Waals surface area contributed by atoms with E-state index in [1.165, 1.54) is 0 Å². The molecule has 0 saturated carbocycles. The molecule has 2 aliphatic heterocycles. The number of carbonyl (C=O) groups is 1. The standard InChI is InChI=1S/C16H18F3NO2/c1-20-11-4-10(5-12(20)8-22-7-11)14(21)6-9-2-3-13(17)16(19)15(9)18/h2-3,10-12H,4-8H2,1H3. The van der Waals surface area contributed by atoms with Crippen molar-refractivity contribution >= 4 is 5.78 Å². The first-order valence-corrected chi connectivity index (χ1v) is 7.42. The molecule has 3 rings (SSSR count). The van der Waals surface area contributed by atoms with Crippen molar-refractivity contribution in [3.63, 3.8) is 0 Å². The van der Waals surface area contributed by atoms with Crippen LogP contribution in [-0.2, 0) is 16.0 Å². The van der Waals surface area contributed by atoms with E-state index in [9.17, 15) is 18.0 Å². The fourth-order valence-corrected chi connectivity index (χ4v) is 3.39. The van der Waals surface area contributed by atoms with Crippen LogP contribution in [0.15, 0.2) is 12.1 Å². The molecule has 120 valence electrons. The van der Waals surface area contributed by atoms with Crippen molar-refractivity contribution in [1.82, 2.24) is 4.90 Å². The molecule has 2 aliphatic rings. The molecule has 0 N–H and O–H groups in total. The Labute approximate surface area is 127 Å². The Bertz CT molecular complexity index is 579. The van der Waals surface area contributed by atoms with E-state index in [0.29, 0.717) is 26.1 Å². The van der Waals surface area contributed by atoms with Crippen LogP contribution in [0, 0.1) is 23.4 Å². The third-order valence-electron chi connectivity index (χ3n) is 4.82. The largest absolute Gasteiger partial charge is 0.378 e. The van der Waals surface area contributed by atoms with Gasteiger partial charge in [0.1, 0.15) is 5.78 Å². The van der Waals surface area contributed by atoms with Gasteiger partial charge in [0.15, 0.2) is 17.5 Å². The highest BCUT2D eigenvalue weighted by molar-refractivity contribution is 5.83. The number of piperidine rings is 1. The number of ketones is 1. The second-order valence-corrected chi connectivity index (χ2v) is 6.16. The number of ether oxygens (including phenoxy) is 1. The zero-order valence-electron chi connectivity index (χ0n) is 12.3. The maximum absolute atomic E-state index is 13.7. The number of nitrogens with zero attached hydrogens (tertiary/aromatic N) is 1. The van der Waals surface area contributed by atoms with E-state index < -0.39 is 17.5 Å². The number of morpholine rings is 1. The van der Waals surface area contributed by atoms with Gasteiger partial charge in [0.05, 0.1) is 13.2 Å². The first-order valence-electron chi connectivity index (χ1n) is 7.42. The van der Waals surface area contributed by atoms with Gasteiger partial charge in [0.25, 0.3) is 0 Å². The highest BCUT2D eigenvalue weighted by Gasteiger charge is 2.39. The molecule has 0 radical (unpaired) electrons. The zero-order chi connectivity index (χ0) is 15.9. The summed E-state index contributed by atoms with van der Waals surface area (Å²) in [6.45, 7) is 1.19. The van der Waals surface area contributed by atoms with Crippen molar-refractivity contribution in [1.29, 1.82) is 0 Å². The summed E-state index contributed by atoms with van der Waals surface area (Å²) in [6.07, 6.45) is 1.13. The zero-order valence-corrected chi connectivity index (χ0v) is 12.3. The lowest BCUT2D eigenvalue weighted by molar-refractivity contribution is -0.130. The minimum absolute atomic E-state index is 0.0794. The highest BCUT2D eigenvalue weighted by atomic mass is 19.2. The van der Waals surface area contributed by atoms with Gasteiger partial charge in [-0.15, -0.1) is 0 Å². The van der Waals surface area contributed by atoms with Crippen molar-refractivity contribution in [2.45, 2.75) is 31.3 Å². The summed E-state index contributed by atoms with van der Waals surface area (Å²) in [4.78, 5) is 14.6. The minimum atomic E-state index is -1.51. The summed E-state index contributed by atoms with van der Waals surface area (Å²) in [5.74, 6) is -4.30. The van der Waals surface area contributed by atoms with Crippen LogP contribution in [0.25, 0.3) is 0 Å². The van der Waals surface area contributed by atoms with E-state index in [1.54, 1.807) is 0 Å². The molecule has 0 aliphatic carbocycles. The molecule has 0 spiro atoms. The van der Waals surface area contributed by atoms with Crippen LogP contribution in [-0.4, -0.2) is 43.0 Å². The molecule has 22 heavy (non-hydrogen) atoms. The average molecular weight is 313 g/mol. The van der Waals surface area contributed by atoms with E-state index in [2.05, 4.69) is 4.90 Å². The molecule has 2 bridgehead atoms. The number of halogens is 3. The molecule has 3 nitrogen and oxygen atoms in total. The molecule has 2 fully saturated rings. The van der Waals surface area contributed by atoms with Gasteiger partial charge in [-0.2, -0.15) is 0 Å². The molecule has 0 aromatic heterocycles. The van der Waals surface area contributed by atoms with E-state index in [1.807, 2.05) is 7.05 Å². The summed E-state index contributed by atoms with van der Waals surface area (Å²) in [6, 6.07) is 2.38. The number of benzene rings is 1. The summed E-state index contributed by atoms with van der Waals surface area (Å²) < 4.78 is 45.4. The Morgan fingerprint density at radius 1 is 1.18 bits per heavy atom. The summed E-state index contributed by atoms with van der Waals surface area (Å²) in [5, 5.41) is 0. The van der Waals surface area contributed by atoms with Crippen molar-refractivity contribution in [2.24, 2.45) is 5.92 Å². The topological polar surface area (TPSA) is 29.5 Å². The second-order valence-electron chi connectivity index (χ2n) is 6.16. The smallest absolute Gasteiger partial charge is 0.194 e. The van der Waals surface area contributed by atoms with Gasteiger partial charge in [0.2, 0.25) is 0 Å². The van der Waals surface area contributed by atoms with Crippen LogP contribution in [0.5, 0.6) is 0 Å². The Balaban J connectivity index is 1.72. The predicted molar refractivity (Wildman–Crippen MR) is 73.9 cm³/mol. The van der Waals surface area contributed by atoms with E-state index in [0.717, 1.165) is 12.1 Å². The third-order valence-corrected chi connectivity index (χ3v) is 4.82. The second kappa shape index (κ2) is 6.01. The van der Waals surface area contributed by atoms with E-state index >= 15 is 0 Å². The Hall–Kier alpha value is -1.40. The molecule has 6 heteroatoms. The summed E-state index contributed by atoms with van der Waals surface area (Å²) >= 11 is 0. The molecule has 2 heterocycles. The molecular weight excluding hydrogens is 295 g/mol. The van der Waals surface area contributed by atoms with Crippen molar-refractivity contribution in [3.8, 4) is 0 Å². The molecule has 2 saturated heterocycles. The van der Waals surface area contributed by atoms with Crippen molar-refractivity contribution in [2.75, 3.05) is 20.3 Å². The van der Waals surface area contributed by atoms with E-state index in [-0.39, 0.29) is 35.8 Å². The molecule has 0 amide bonds. The number of rotatable bonds is 3. The Kier molecular flexibility index (Phi) is 4.23. The van der Waals surface area contributed by atoms with Crippen LogP contribution in [0.4, 0.5) is 13.2 Å². The Morgan fingerprint density at radius 2 is 1.82 bits per heavy atom. The molecule has 1 aromatic carbocycles. The first-order chi connectivity index (χ1) is 10.5. The van der Waals surface area contributed by atoms with Gasteiger partial charge < -0.3 is 4.74 Å². The quantitative estimate of drug-likeness (QED) is 0.802. The normalized spacial score (nSPS) is 28.6. The third kappa shape index (κ3) is 2.77. The van der Waals surface area contributed by atoms with Gasteiger partial charge in [-0.3, -0.25) is 9.69 Å². The number of likely N-dealkylation sites (N-methyl/N-ethyl adjacent to an activating group) is 1. The number of fused-ring (bicyclic) bond motifs is 2. The summed E-state index contributed by atoms with van der Waals surface area (Å²) in [5.41, 5.74) is -0.0794. The van der Waals surface area contributed by atoms with Crippen LogP contribution >= 0.6 is 0 Å². The van der Waals surface area contributed by atoms with Gasteiger partial charge >= 0.3 is 0 Å². The number of Topliss-reactive ketones (excluding diaryl/α,β-unsaturated/α-hetero) is 1. The first kappa shape index (κ1) is 15.5. The van der Waals surface area contributed by atoms with Gasteiger partial charge in [-0.25, -0.2) is 13.2 Å². The SMILES string of the molecule is CN1C2COCC1CC(C(=O)Cc1ccc(F)c(F)c1F)C2. The monoisotopic (exact) mass is 313 g/mol. The van der Waals surface area contributed by atoms with Crippen LogP contribution in [0.3, 0.4) is 0 Å². The lowest BCUT2D eigenvalue weighted by Gasteiger charge is -2.46. The maximum atomic E-state index is 13.7. The molecule has 2 atom stereocenters. The van der Waals surface area contributed by atoms with Gasteiger partial charge in [-0.05, 0) is 31.5 Å². The Morgan fingerprint density at radius 3 is 2.45 bits per heavy atom. The van der Waals surface area contributed by atoms with Crippen molar-refractivity contribution in [3.05, 3.63) is 35.1 Å². The number of hydrogen-bond donors (Lipinski definition) is 0. The number of hydrogen-bond acceptors (Lipinski definition) is 3. The minimum Gasteiger partial charge on any atom is -0.378 e. The lowest BCUT2D eigenvalue weighted by Crippen LogP contribution is -2.56. The van der Waals surface area contributed by atoms with Crippen LogP contribution in [0.2, 0.25) is 0 Å². The van der Waals surface area contributed by atoms with Crippen LogP contribution < -0.4 is 0 Å². The predicted octanol–water partition coefficient (Wildman–Crippen LogP) is 2.32. The molecule has 1 aromatic rings. The van der Waals surface area contributed by atoms with Gasteiger partial charge in [-0.1, -0.05) is 6.07 Å². The fraction of sp³-hybridized carbons (Fsp3) is 0.562. The van der Waals surface area contributed by atoms with Crippen LogP contribution in [0.1, 0.15) is 18.4 Å². The number of carbonyl (C=O) groups excluding carboxylic acids is 1. The maximum Gasteiger partial charge on any atom is 0.194 e.